The summed E-state index contributed by atoms with van der Waals surface area (Å²) in [4.78, 5) is 16.5. The number of hydrogen-bond donors (Lipinski definition) is 0. The Morgan fingerprint density at radius 1 is 1.05 bits per heavy atom. The summed E-state index contributed by atoms with van der Waals surface area (Å²) in [5.74, 6) is 0.443. The summed E-state index contributed by atoms with van der Waals surface area (Å²) in [6.07, 6.45) is 0. The minimum atomic E-state index is -0.0861. The van der Waals surface area contributed by atoms with E-state index in [2.05, 4.69) is 4.98 Å². The van der Waals surface area contributed by atoms with E-state index in [1.807, 2.05) is 54.6 Å². The van der Waals surface area contributed by atoms with Crippen LogP contribution in [0.2, 0.25) is 0 Å². The summed E-state index contributed by atoms with van der Waals surface area (Å²) in [5.41, 5.74) is 2.95. The van der Waals surface area contributed by atoms with Crippen molar-refractivity contribution in [2.75, 3.05) is 0 Å². The van der Waals surface area contributed by atoms with Crippen LogP contribution in [0.5, 0.6) is 0 Å². The number of nitrogens with zero attached hydrogens (tertiary/aromatic N) is 2. The van der Waals surface area contributed by atoms with Crippen LogP contribution >= 0.6 is 0 Å². The monoisotopic (exact) mass is 276 g/mol. The second-order valence-corrected chi connectivity index (χ2v) is 4.91. The Morgan fingerprint density at radius 2 is 1.76 bits per heavy atom. The van der Waals surface area contributed by atoms with Gasteiger partial charge in [-0.05, 0) is 18.2 Å². The summed E-state index contributed by atoms with van der Waals surface area (Å²) in [7, 11) is 0. The maximum absolute atomic E-state index is 12.0. The van der Waals surface area contributed by atoms with Crippen molar-refractivity contribution in [1.29, 1.82) is 0 Å². The fourth-order valence-electron chi connectivity index (χ4n) is 2.63. The van der Waals surface area contributed by atoms with Gasteiger partial charge in [0.15, 0.2) is 0 Å². The van der Waals surface area contributed by atoms with Crippen molar-refractivity contribution >= 4 is 28.0 Å². The average Bonchev–Trinajstić information content (AvgIpc) is 3.04. The van der Waals surface area contributed by atoms with Gasteiger partial charge in [-0.3, -0.25) is 4.79 Å². The van der Waals surface area contributed by atoms with Crippen molar-refractivity contribution in [2.24, 2.45) is 0 Å². The van der Waals surface area contributed by atoms with E-state index >= 15 is 0 Å². The Kier molecular flexibility index (Phi) is 2.44. The number of benzene rings is 2. The van der Waals surface area contributed by atoms with Gasteiger partial charge in [-0.1, -0.05) is 36.4 Å². The first kappa shape index (κ1) is 11.9. The molecule has 0 unspecified atom stereocenters. The lowest BCUT2D eigenvalue weighted by atomic mass is 10.2. The minimum Gasteiger partial charge on any atom is -0.419 e. The molecular weight excluding hydrogens is 264 g/mol. The molecule has 0 radical (unpaired) electrons. The molecule has 0 amide bonds. The van der Waals surface area contributed by atoms with Crippen LogP contribution in [0.3, 0.4) is 0 Å². The number of para-hydroxylation sites is 1. The quantitative estimate of drug-likeness (QED) is 0.525. The molecule has 4 nitrogen and oxygen atoms in total. The number of carbonyl (C=O) groups is 1. The van der Waals surface area contributed by atoms with Crippen LogP contribution in [-0.4, -0.2) is 15.5 Å². The van der Waals surface area contributed by atoms with Gasteiger partial charge >= 0.3 is 0 Å². The molecule has 2 aromatic carbocycles. The van der Waals surface area contributed by atoms with Crippen LogP contribution in [0, 0.1) is 0 Å². The first-order valence-electron chi connectivity index (χ1n) is 6.72. The van der Waals surface area contributed by atoms with Crippen molar-refractivity contribution < 1.29 is 9.21 Å². The summed E-state index contributed by atoms with van der Waals surface area (Å²) in [5, 5.41) is 0.925. The number of rotatable bonds is 1. The summed E-state index contributed by atoms with van der Waals surface area (Å²) in [6.45, 7) is 1.52. The molecule has 0 aliphatic carbocycles. The van der Waals surface area contributed by atoms with Gasteiger partial charge < -0.3 is 4.42 Å². The average molecular weight is 276 g/mol. The SMILES string of the molecule is CC(=O)n1c2ccccc2c2nc(-c3ccccc3)oc21. The first-order chi connectivity index (χ1) is 10.3. The molecule has 0 bridgehead atoms. The highest BCUT2D eigenvalue weighted by molar-refractivity contribution is 6.10. The van der Waals surface area contributed by atoms with E-state index in [4.69, 9.17) is 4.42 Å². The van der Waals surface area contributed by atoms with Gasteiger partial charge in [0.1, 0.15) is 5.52 Å². The predicted octanol–water partition coefficient (Wildman–Crippen LogP) is 4.11. The molecule has 4 heteroatoms. The summed E-state index contributed by atoms with van der Waals surface area (Å²) >= 11 is 0. The van der Waals surface area contributed by atoms with Crippen molar-refractivity contribution in [2.45, 2.75) is 6.92 Å². The predicted molar refractivity (Wildman–Crippen MR) is 81.2 cm³/mol. The Hall–Kier alpha value is -2.88. The van der Waals surface area contributed by atoms with Crippen LogP contribution in [-0.2, 0) is 0 Å². The largest absolute Gasteiger partial charge is 0.419 e. The normalized spacial score (nSPS) is 11.3. The van der Waals surface area contributed by atoms with Crippen molar-refractivity contribution in [1.82, 2.24) is 9.55 Å². The molecule has 0 aliphatic heterocycles. The number of carbonyl (C=O) groups excluding carboxylic acids is 1. The second kappa shape index (κ2) is 4.31. The maximum atomic E-state index is 12.0. The van der Waals surface area contributed by atoms with Gasteiger partial charge in [-0.25, -0.2) is 9.55 Å². The molecule has 0 atom stereocenters. The fourth-order valence-corrected chi connectivity index (χ4v) is 2.63. The Morgan fingerprint density at radius 3 is 2.52 bits per heavy atom. The van der Waals surface area contributed by atoms with E-state index < -0.39 is 0 Å². The van der Waals surface area contributed by atoms with E-state index in [9.17, 15) is 4.79 Å². The number of fused-ring (bicyclic) bond motifs is 3. The maximum Gasteiger partial charge on any atom is 0.236 e. The molecule has 21 heavy (non-hydrogen) atoms. The van der Waals surface area contributed by atoms with Crippen molar-refractivity contribution in [3.05, 3.63) is 54.6 Å². The zero-order valence-electron chi connectivity index (χ0n) is 11.4. The number of aromatic nitrogens is 2. The third-order valence-corrected chi connectivity index (χ3v) is 3.55. The van der Waals surface area contributed by atoms with E-state index in [1.54, 1.807) is 4.57 Å². The van der Waals surface area contributed by atoms with E-state index in [0.717, 1.165) is 22.0 Å². The van der Waals surface area contributed by atoms with E-state index in [-0.39, 0.29) is 5.91 Å². The lowest BCUT2D eigenvalue weighted by molar-refractivity contribution is 0.0943. The van der Waals surface area contributed by atoms with Gasteiger partial charge in [0.25, 0.3) is 0 Å². The molecule has 0 saturated carbocycles. The highest BCUT2D eigenvalue weighted by atomic mass is 16.4. The van der Waals surface area contributed by atoms with Crippen LogP contribution in [0.15, 0.2) is 59.0 Å². The molecule has 102 valence electrons. The molecular formula is C17H12N2O2. The zero-order chi connectivity index (χ0) is 14.4. The Labute approximate surface area is 120 Å². The zero-order valence-corrected chi connectivity index (χ0v) is 11.4. The highest BCUT2D eigenvalue weighted by Crippen LogP contribution is 2.32. The smallest absolute Gasteiger partial charge is 0.236 e. The van der Waals surface area contributed by atoms with Gasteiger partial charge in [-0.2, -0.15) is 0 Å². The van der Waals surface area contributed by atoms with E-state index in [1.165, 1.54) is 6.92 Å². The third-order valence-electron chi connectivity index (χ3n) is 3.55. The molecule has 0 aliphatic rings. The number of oxazole rings is 1. The molecule has 0 fully saturated rings. The van der Waals surface area contributed by atoms with Crippen LogP contribution in [0.25, 0.3) is 33.6 Å². The Bertz CT molecular complexity index is 964. The standard InChI is InChI=1S/C17H12N2O2/c1-11(20)19-14-10-6-5-9-13(14)15-17(19)21-16(18-15)12-7-3-2-4-8-12/h2-10H,1H3. The van der Waals surface area contributed by atoms with E-state index in [0.29, 0.717) is 11.6 Å². The molecule has 4 rings (SSSR count). The second-order valence-electron chi connectivity index (χ2n) is 4.91. The highest BCUT2D eigenvalue weighted by Gasteiger charge is 2.19. The molecule has 2 heterocycles. The summed E-state index contributed by atoms with van der Waals surface area (Å²) in [6, 6.07) is 17.4. The molecule has 4 aromatic rings. The van der Waals surface area contributed by atoms with Crippen LogP contribution in [0.1, 0.15) is 11.7 Å². The van der Waals surface area contributed by atoms with Crippen LogP contribution in [0.4, 0.5) is 0 Å². The third kappa shape index (κ3) is 1.69. The van der Waals surface area contributed by atoms with Gasteiger partial charge in [-0.15, -0.1) is 0 Å². The molecule has 0 saturated heterocycles. The summed E-state index contributed by atoms with van der Waals surface area (Å²) < 4.78 is 7.44. The van der Waals surface area contributed by atoms with Gasteiger partial charge in [0.2, 0.25) is 17.5 Å². The lowest BCUT2D eigenvalue weighted by Crippen LogP contribution is -2.03. The van der Waals surface area contributed by atoms with Crippen molar-refractivity contribution in [3.8, 4) is 11.5 Å². The first-order valence-corrected chi connectivity index (χ1v) is 6.72. The van der Waals surface area contributed by atoms with Crippen LogP contribution < -0.4 is 0 Å². The molecule has 0 N–H and O–H groups in total. The lowest BCUT2D eigenvalue weighted by Gasteiger charge is -1.99. The number of hydrogen-bond acceptors (Lipinski definition) is 3. The topological polar surface area (TPSA) is 48.0 Å². The van der Waals surface area contributed by atoms with Gasteiger partial charge in [0, 0.05) is 17.9 Å². The van der Waals surface area contributed by atoms with Gasteiger partial charge in [0.05, 0.1) is 5.52 Å². The fraction of sp³-hybridized carbons (Fsp3) is 0.0588. The Balaban J connectivity index is 2.09. The minimum absolute atomic E-state index is 0.0861. The van der Waals surface area contributed by atoms with Crippen molar-refractivity contribution in [3.63, 3.8) is 0 Å². The molecule has 0 spiro atoms. The molecule has 2 aromatic heterocycles.